The fraction of sp³-hybridized carbons (Fsp3) is 0.444. The standard InChI is InChI=1S/C27H30O15/c28-6-12-17(32)21(36)23(38)26(41-12)15-19(34)14-10(31)5-11(8-1-3-9(30)4-2-8)40-25(14)16(20(15)35)27-24(39)22(37)18(33)13(7-29)42-27/h1-5,12-13,17-18,21-24,26-30,32-39H,6-7H2/t12-,13-,17+,18+,21+,22+,23+,24+,26+,27-/m0/s1. The minimum atomic E-state index is -2.02. The third-order valence-electron chi connectivity index (χ3n) is 7.70. The topological polar surface area (TPSA) is 271 Å². The highest BCUT2D eigenvalue weighted by atomic mass is 16.6. The van der Waals surface area contributed by atoms with Gasteiger partial charge in [0.15, 0.2) is 11.0 Å². The van der Waals surface area contributed by atoms with E-state index in [1.807, 2.05) is 0 Å². The SMILES string of the molecule is O=c1cc(-c2ccc(O)cc2)oc2c([C@@H]3O[C@@H](CO)[C@@H](O)[C@@H](O)[C@H]3O)c(O)c([C@H]3O[C@@H](CO)[C@@H](O)[C@@H](O)[C@H]3O)c(O)c12. The summed E-state index contributed by atoms with van der Waals surface area (Å²) in [6, 6.07) is 6.37. The Kier molecular flexibility index (Phi) is 8.16. The minimum absolute atomic E-state index is 0.0941. The van der Waals surface area contributed by atoms with E-state index in [0.717, 1.165) is 6.07 Å². The van der Waals surface area contributed by atoms with Gasteiger partial charge in [-0.25, -0.2) is 0 Å². The van der Waals surface area contributed by atoms with E-state index in [1.165, 1.54) is 24.3 Å². The number of ether oxygens (including phenoxy) is 2. The number of aliphatic hydroxyl groups excluding tert-OH is 8. The molecule has 11 N–H and O–H groups in total. The number of phenols is 3. The van der Waals surface area contributed by atoms with Gasteiger partial charge in [-0.3, -0.25) is 4.79 Å². The van der Waals surface area contributed by atoms with E-state index in [0.29, 0.717) is 0 Å². The molecule has 3 heterocycles. The van der Waals surface area contributed by atoms with Crippen molar-refractivity contribution in [1.29, 1.82) is 0 Å². The Morgan fingerprint density at radius 2 is 1.14 bits per heavy atom. The van der Waals surface area contributed by atoms with Crippen LogP contribution in [0.25, 0.3) is 22.3 Å². The van der Waals surface area contributed by atoms with E-state index in [-0.39, 0.29) is 17.1 Å². The van der Waals surface area contributed by atoms with Crippen LogP contribution < -0.4 is 5.43 Å². The molecule has 0 amide bonds. The van der Waals surface area contributed by atoms with Crippen molar-refractivity contribution in [2.45, 2.75) is 61.0 Å². The van der Waals surface area contributed by atoms with Crippen LogP contribution in [0.4, 0.5) is 0 Å². The lowest BCUT2D eigenvalue weighted by Gasteiger charge is -2.42. The lowest BCUT2D eigenvalue weighted by atomic mass is 9.85. The van der Waals surface area contributed by atoms with Gasteiger partial charge in [-0.2, -0.15) is 0 Å². The van der Waals surface area contributed by atoms with Gasteiger partial charge >= 0.3 is 0 Å². The normalized spacial score (nSPS) is 33.6. The maximum Gasteiger partial charge on any atom is 0.197 e. The number of aliphatic hydroxyl groups is 8. The van der Waals surface area contributed by atoms with Gasteiger partial charge in [0, 0.05) is 11.6 Å². The molecule has 2 fully saturated rings. The average Bonchev–Trinajstić information content (AvgIpc) is 2.97. The predicted octanol–water partition coefficient (Wildman–Crippen LogP) is -2.39. The van der Waals surface area contributed by atoms with Crippen LogP contribution >= 0.6 is 0 Å². The second-order valence-electron chi connectivity index (χ2n) is 10.2. The van der Waals surface area contributed by atoms with Crippen LogP contribution in [0.5, 0.6) is 17.2 Å². The smallest absolute Gasteiger partial charge is 0.197 e. The van der Waals surface area contributed by atoms with Gasteiger partial charge in [0.25, 0.3) is 0 Å². The van der Waals surface area contributed by atoms with Crippen molar-refractivity contribution in [1.82, 2.24) is 0 Å². The van der Waals surface area contributed by atoms with E-state index < -0.39 is 113 Å². The third-order valence-corrected chi connectivity index (χ3v) is 7.70. The van der Waals surface area contributed by atoms with Crippen molar-refractivity contribution in [3.05, 3.63) is 51.7 Å². The van der Waals surface area contributed by atoms with Crippen molar-refractivity contribution in [3.63, 3.8) is 0 Å². The Bertz CT molecular complexity index is 1500. The summed E-state index contributed by atoms with van der Waals surface area (Å²) in [4.78, 5) is 13.5. The zero-order valence-electron chi connectivity index (χ0n) is 21.6. The Hall–Kier alpha value is -3.35. The second kappa shape index (κ2) is 11.4. The molecular formula is C27H30O15. The summed E-state index contributed by atoms with van der Waals surface area (Å²) in [5.41, 5.74) is -2.48. The van der Waals surface area contributed by atoms with Crippen LogP contribution in [0.3, 0.4) is 0 Å². The molecule has 0 aliphatic carbocycles. The first-order chi connectivity index (χ1) is 19.9. The summed E-state index contributed by atoms with van der Waals surface area (Å²) in [5, 5.41) is 114. The second-order valence-corrected chi connectivity index (χ2v) is 10.2. The number of fused-ring (bicyclic) bond motifs is 1. The Morgan fingerprint density at radius 1 is 0.643 bits per heavy atom. The molecule has 15 heteroatoms. The first-order valence-corrected chi connectivity index (χ1v) is 12.9. The highest BCUT2D eigenvalue weighted by Gasteiger charge is 2.50. The van der Waals surface area contributed by atoms with Crippen LogP contribution in [0.15, 0.2) is 39.5 Å². The van der Waals surface area contributed by atoms with Gasteiger partial charge in [-0.15, -0.1) is 0 Å². The summed E-state index contributed by atoms with van der Waals surface area (Å²) >= 11 is 0. The fourth-order valence-corrected chi connectivity index (χ4v) is 5.39. The van der Waals surface area contributed by atoms with Gasteiger partial charge in [-0.05, 0) is 24.3 Å². The fourth-order valence-electron chi connectivity index (χ4n) is 5.39. The van der Waals surface area contributed by atoms with Crippen LogP contribution in [0, 0.1) is 0 Å². The third kappa shape index (κ3) is 4.79. The monoisotopic (exact) mass is 594 g/mol. The summed E-state index contributed by atoms with van der Waals surface area (Å²) in [6.07, 6.45) is -18.2. The maximum atomic E-state index is 13.5. The molecular weight excluding hydrogens is 564 g/mol. The van der Waals surface area contributed by atoms with Gasteiger partial charge in [-0.1, -0.05) is 0 Å². The highest BCUT2D eigenvalue weighted by Crippen LogP contribution is 2.51. The van der Waals surface area contributed by atoms with Crippen molar-refractivity contribution in [2.24, 2.45) is 0 Å². The molecule has 42 heavy (non-hydrogen) atoms. The first kappa shape index (κ1) is 30.1. The summed E-state index contributed by atoms with van der Waals surface area (Å²) < 4.78 is 17.0. The molecule has 15 nitrogen and oxygen atoms in total. The average molecular weight is 595 g/mol. The van der Waals surface area contributed by atoms with Crippen LogP contribution in [-0.2, 0) is 9.47 Å². The van der Waals surface area contributed by atoms with E-state index in [2.05, 4.69) is 0 Å². The first-order valence-electron chi connectivity index (χ1n) is 12.9. The highest BCUT2D eigenvalue weighted by molar-refractivity contribution is 5.92. The van der Waals surface area contributed by atoms with Gasteiger partial charge in [0.05, 0.1) is 24.3 Å². The zero-order valence-corrected chi connectivity index (χ0v) is 21.6. The molecule has 0 radical (unpaired) electrons. The molecule has 2 aromatic carbocycles. The van der Waals surface area contributed by atoms with Crippen molar-refractivity contribution in [3.8, 4) is 28.6 Å². The van der Waals surface area contributed by atoms with E-state index in [9.17, 15) is 61.0 Å². The van der Waals surface area contributed by atoms with Crippen LogP contribution in [0.1, 0.15) is 23.3 Å². The minimum Gasteiger partial charge on any atom is -0.508 e. The summed E-state index contributed by atoms with van der Waals surface area (Å²) in [7, 11) is 0. The molecule has 0 saturated carbocycles. The van der Waals surface area contributed by atoms with Crippen molar-refractivity contribution >= 4 is 11.0 Å². The van der Waals surface area contributed by atoms with Crippen molar-refractivity contribution < 1.29 is 70.1 Å². The number of rotatable bonds is 5. The summed E-state index contributed by atoms with van der Waals surface area (Å²) in [5.74, 6) is -2.20. The van der Waals surface area contributed by atoms with Gasteiger partial charge in [0.2, 0.25) is 0 Å². The number of hydrogen-bond acceptors (Lipinski definition) is 15. The van der Waals surface area contributed by atoms with Crippen LogP contribution in [0.2, 0.25) is 0 Å². The Balaban J connectivity index is 1.82. The molecule has 2 saturated heterocycles. The molecule has 0 spiro atoms. The summed E-state index contributed by atoms with van der Waals surface area (Å²) in [6.45, 7) is -1.70. The molecule has 5 rings (SSSR count). The van der Waals surface area contributed by atoms with Crippen LogP contribution in [-0.4, -0.2) is 118 Å². The predicted molar refractivity (Wildman–Crippen MR) is 138 cm³/mol. The quantitative estimate of drug-likeness (QED) is 0.147. The van der Waals surface area contributed by atoms with E-state index in [4.69, 9.17) is 13.9 Å². The molecule has 10 atom stereocenters. The molecule has 1 aromatic heterocycles. The number of phenolic OH excluding ortho intramolecular Hbond substituents is 3. The molecule has 228 valence electrons. The Morgan fingerprint density at radius 3 is 1.64 bits per heavy atom. The van der Waals surface area contributed by atoms with Crippen molar-refractivity contribution in [2.75, 3.05) is 13.2 Å². The molecule has 0 bridgehead atoms. The zero-order chi connectivity index (χ0) is 30.6. The van der Waals surface area contributed by atoms with E-state index >= 15 is 0 Å². The molecule has 0 unspecified atom stereocenters. The largest absolute Gasteiger partial charge is 0.508 e. The van der Waals surface area contributed by atoms with Gasteiger partial charge < -0.3 is 70.1 Å². The molecule has 2 aliphatic rings. The maximum absolute atomic E-state index is 13.5. The number of aromatic hydroxyl groups is 3. The lowest BCUT2D eigenvalue weighted by molar-refractivity contribution is -0.234. The number of hydrogen-bond donors (Lipinski definition) is 11. The van der Waals surface area contributed by atoms with Gasteiger partial charge in [0.1, 0.15) is 89.4 Å². The molecule has 3 aromatic rings. The molecule has 2 aliphatic heterocycles. The van der Waals surface area contributed by atoms with E-state index in [1.54, 1.807) is 0 Å². The Labute approximate surface area is 235 Å². The lowest BCUT2D eigenvalue weighted by Crippen LogP contribution is -2.55. The number of benzene rings is 2.